The largest absolute Gasteiger partial charge is 0.383 e. The normalized spacial score (nSPS) is 10.6. The van der Waals surface area contributed by atoms with Crippen molar-refractivity contribution in [3.05, 3.63) is 75.3 Å². The number of hydrogen-bond donors (Lipinski definition) is 2. The van der Waals surface area contributed by atoms with Crippen LogP contribution >= 0.6 is 0 Å². The van der Waals surface area contributed by atoms with Gasteiger partial charge in [-0.25, -0.2) is 0 Å². The molecule has 0 aliphatic rings. The van der Waals surface area contributed by atoms with E-state index in [2.05, 4.69) is 16.7 Å². The first-order valence-corrected chi connectivity index (χ1v) is 7.97. The zero-order chi connectivity index (χ0) is 18.2. The van der Waals surface area contributed by atoms with Gasteiger partial charge in [0.1, 0.15) is 0 Å². The Bertz CT molecular complexity index is 783. The maximum atomic E-state index is 11.8. The van der Waals surface area contributed by atoms with Crippen LogP contribution < -0.4 is 10.6 Å². The molecule has 2 aromatic rings. The van der Waals surface area contributed by atoms with Crippen LogP contribution in [0.4, 0.5) is 11.4 Å². The van der Waals surface area contributed by atoms with Crippen molar-refractivity contribution in [2.75, 3.05) is 18.4 Å². The number of nitro benzene ring substituents is 1. The standard InChI is InChI=1S/C19H21N3O3/c1-14-3-4-16(15(2)13-14)5-10-19(23)21-12-11-20-17-6-8-18(9-7-17)22(24)25/h3-10,13,20H,11-12H2,1-2H3,(H,21,23)/b10-5+. The van der Waals surface area contributed by atoms with Gasteiger partial charge in [-0.3, -0.25) is 14.9 Å². The van der Waals surface area contributed by atoms with Gasteiger partial charge < -0.3 is 10.6 Å². The maximum Gasteiger partial charge on any atom is 0.269 e. The molecule has 2 aromatic carbocycles. The van der Waals surface area contributed by atoms with Crippen LogP contribution in [0, 0.1) is 24.0 Å². The minimum absolute atomic E-state index is 0.0513. The van der Waals surface area contributed by atoms with E-state index in [0.717, 1.165) is 16.8 Å². The highest BCUT2D eigenvalue weighted by molar-refractivity contribution is 5.91. The van der Waals surface area contributed by atoms with Crippen LogP contribution in [-0.2, 0) is 4.79 Å². The van der Waals surface area contributed by atoms with Crippen molar-refractivity contribution in [3.63, 3.8) is 0 Å². The van der Waals surface area contributed by atoms with Gasteiger partial charge >= 0.3 is 0 Å². The molecule has 2 N–H and O–H groups in total. The van der Waals surface area contributed by atoms with Crippen molar-refractivity contribution in [2.45, 2.75) is 13.8 Å². The minimum Gasteiger partial charge on any atom is -0.383 e. The lowest BCUT2D eigenvalue weighted by molar-refractivity contribution is -0.384. The molecule has 6 heteroatoms. The number of carbonyl (C=O) groups excluding carboxylic acids is 1. The van der Waals surface area contributed by atoms with Crippen LogP contribution in [0.1, 0.15) is 16.7 Å². The van der Waals surface area contributed by atoms with E-state index in [9.17, 15) is 14.9 Å². The number of benzene rings is 2. The molecule has 0 unspecified atom stereocenters. The highest BCUT2D eigenvalue weighted by atomic mass is 16.6. The summed E-state index contributed by atoms with van der Waals surface area (Å²) in [6, 6.07) is 12.2. The van der Waals surface area contributed by atoms with E-state index in [4.69, 9.17) is 0 Å². The molecule has 0 bridgehead atoms. The molecule has 2 rings (SSSR count). The fourth-order valence-electron chi connectivity index (χ4n) is 2.33. The maximum absolute atomic E-state index is 11.8. The molecule has 0 fully saturated rings. The summed E-state index contributed by atoms with van der Waals surface area (Å²) in [6.45, 7) is 5.03. The van der Waals surface area contributed by atoms with Gasteiger partial charge in [-0.15, -0.1) is 0 Å². The van der Waals surface area contributed by atoms with Crippen molar-refractivity contribution in [1.82, 2.24) is 5.32 Å². The fraction of sp³-hybridized carbons (Fsp3) is 0.211. The molecule has 0 aliphatic carbocycles. The summed E-state index contributed by atoms with van der Waals surface area (Å²) in [7, 11) is 0. The summed E-state index contributed by atoms with van der Waals surface area (Å²) >= 11 is 0. The van der Waals surface area contributed by atoms with Gasteiger partial charge in [0.25, 0.3) is 5.69 Å². The number of amides is 1. The number of nitrogens with one attached hydrogen (secondary N) is 2. The van der Waals surface area contributed by atoms with Crippen molar-refractivity contribution in [2.24, 2.45) is 0 Å². The first-order chi connectivity index (χ1) is 12.0. The first-order valence-electron chi connectivity index (χ1n) is 7.97. The van der Waals surface area contributed by atoms with E-state index in [-0.39, 0.29) is 11.6 Å². The Kier molecular flexibility index (Phi) is 6.28. The predicted octanol–water partition coefficient (Wildman–Crippen LogP) is 3.45. The highest BCUT2D eigenvalue weighted by Crippen LogP contribution is 2.15. The average Bonchev–Trinajstić information content (AvgIpc) is 2.58. The molecule has 0 aliphatic heterocycles. The van der Waals surface area contributed by atoms with Gasteiger partial charge in [-0.2, -0.15) is 0 Å². The summed E-state index contributed by atoms with van der Waals surface area (Å²) in [5.41, 5.74) is 4.16. The second-order valence-electron chi connectivity index (χ2n) is 5.72. The molecule has 25 heavy (non-hydrogen) atoms. The zero-order valence-electron chi connectivity index (χ0n) is 14.3. The zero-order valence-corrected chi connectivity index (χ0v) is 14.3. The third-order valence-corrected chi connectivity index (χ3v) is 3.67. The number of non-ortho nitro benzene ring substituents is 1. The van der Waals surface area contributed by atoms with Crippen LogP contribution in [0.25, 0.3) is 6.08 Å². The summed E-state index contributed by atoms with van der Waals surface area (Å²) in [6.07, 6.45) is 3.32. The summed E-state index contributed by atoms with van der Waals surface area (Å²) < 4.78 is 0. The minimum atomic E-state index is -0.438. The Morgan fingerprint density at radius 1 is 1.12 bits per heavy atom. The van der Waals surface area contributed by atoms with E-state index in [1.54, 1.807) is 18.2 Å². The van der Waals surface area contributed by atoms with Crippen molar-refractivity contribution < 1.29 is 9.72 Å². The van der Waals surface area contributed by atoms with Crippen LogP contribution in [0.15, 0.2) is 48.5 Å². The van der Waals surface area contributed by atoms with E-state index < -0.39 is 4.92 Å². The number of carbonyl (C=O) groups is 1. The molecule has 6 nitrogen and oxygen atoms in total. The third-order valence-electron chi connectivity index (χ3n) is 3.67. The Labute approximate surface area is 146 Å². The Morgan fingerprint density at radius 2 is 1.84 bits per heavy atom. The van der Waals surface area contributed by atoms with Crippen LogP contribution in [0.2, 0.25) is 0 Å². The summed E-state index contributed by atoms with van der Waals surface area (Å²) in [4.78, 5) is 22.0. The molecule has 130 valence electrons. The molecule has 0 saturated heterocycles. The average molecular weight is 339 g/mol. The molecule has 0 spiro atoms. The first kappa shape index (κ1) is 18.2. The number of aryl methyl sites for hydroxylation is 2. The van der Waals surface area contributed by atoms with E-state index in [0.29, 0.717) is 13.1 Å². The Balaban J connectivity index is 1.74. The van der Waals surface area contributed by atoms with Crippen molar-refractivity contribution in [3.8, 4) is 0 Å². The monoisotopic (exact) mass is 339 g/mol. The fourth-order valence-corrected chi connectivity index (χ4v) is 2.33. The molecule has 0 heterocycles. The van der Waals surface area contributed by atoms with Gasteiger partial charge in [-0.1, -0.05) is 23.8 Å². The molecule has 0 atom stereocenters. The number of anilines is 1. The lowest BCUT2D eigenvalue weighted by Crippen LogP contribution is -2.27. The van der Waals surface area contributed by atoms with E-state index in [1.165, 1.54) is 23.8 Å². The number of nitro groups is 1. The Hall–Kier alpha value is -3.15. The molecule has 0 saturated carbocycles. The number of hydrogen-bond acceptors (Lipinski definition) is 4. The summed E-state index contributed by atoms with van der Waals surface area (Å²) in [5.74, 6) is -0.162. The smallest absolute Gasteiger partial charge is 0.269 e. The molecule has 0 radical (unpaired) electrons. The number of nitrogens with zero attached hydrogens (tertiary/aromatic N) is 1. The molecular formula is C19H21N3O3. The second kappa shape index (κ2) is 8.63. The van der Waals surface area contributed by atoms with Crippen molar-refractivity contribution >= 4 is 23.4 Å². The molecular weight excluding hydrogens is 318 g/mol. The van der Waals surface area contributed by atoms with Gasteiger partial charge in [0, 0.05) is 37.0 Å². The quantitative estimate of drug-likeness (QED) is 0.350. The SMILES string of the molecule is Cc1ccc(/C=C/C(=O)NCCNc2ccc([N+](=O)[O-])cc2)c(C)c1. The van der Waals surface area contributed by atoms with Gasteiger partial charge in [0.15, 0.2) is 0 Å². The third kappa shape index (κ3) is 5.76. The van der Waals surface area contributed by atoms with Crippen LogP contribution in [0.3, 0.4) is 0 Å². The lowest BCUT2D eigenvalue weighted by atomic mass is 10.1. The van der Waals surface area contributed by atoms with Gasteiger partial charge in [-0.05, 0) is 43.2 Å². The molecule has 0 aromatic heterocycles. The van der Waals surface area contributed by atoms with Crippen LogP contribution in [-0.4, -0.2) is 23.9 Å². The Morgan fingerprint density at radius 3 is 2.48 bits per heavy atom. The topological polar surface area (TPSA) is 84.3 Å². The van der Waals surface area contributed by atoms with Gasteiger partial charge in [0.05, 0.1) is 4.92 Å². The molecule has 1 amide bonds. The lowest BCUT2D eigenvalue weighted by Gasteiger charge is -2.06. The summed E-state index contributed by atoms with van der Waals surface area (Å²) in [5, 5.41) is 16.5. The predicted molar refractivity (Wildman–Crippen MR) is 99.5 cm³/mol. The van der Waals surface area contributed by atoms with Crippen molar-refractivity contribution in [1.29, 1.82) is 0 Å². The van der Waals surface area contributed by atoms with Crippen LogP contribution in [0.5, 0.6) is 0 Å². The van der Waals surface area contributed by atoms with Gasteiger partial charge in [0.2, 0.25) is 5.91 Å². The number of rotatable bonds is 7. The van der Waals surface area contributed by atoms with E-state index in [1.807, 2.05) is 26.0 Å². The van der Waals surface area contributed by atoms with E-state index >= 15 is 0 Å². The second-order valence-corrected chi connectivity index (χ2v) is 5.72. The highest BCUT2D eigenvalue weighted by Gasteiger charge is 2.03.